The predicted octanol–water partition coefficient (Wildman–Crippen LogP) is 12.7. The van der Waals surface area contributed by atoms with E-state index in [0.29, 0.717) is 11.8 Å². The van der Waals surface area contributed by atoms with Crippen molar-refractivity contribution in [2.45, 2.75) is 117 Å². The van der Waals surface area contributed by atoms with E-state index in [1.165, 1.54) is 11.1 Å². The van der Waals surface area contributed by atoms with Gasteiger partial charge in [-0.2, -0.15) is 0 Å². The van der Waals surface area contributed by atoms with Crippen LogP contribution in [0, 0.1) is 18.8 Å². The van der Waals surface area contributed by atoms with Gasteiger partial charge in [-0.1, -0.05) is 158 Å². The quantitative estimate of drug-likeness (QED) is 0.327. The van der Waals surface area contributed by atoms with Gasteiger partial charge >= 0.3 is 0 Å². The molecule has 39 heavy (non-hydrogen) atoms. The molecule has 0 amide bonds. The van der Waals surface area contributed by atoms with E-state index in [0.717, 1.165) is 18.3 Å². The smallest absolute Gasteiger partial charge is 0.119 e. The van der Waals surface area contributed by atoms with Crippen LogP contribution in [0.2, 0.25) is 0 Å². The highest BCUT2D eigenvalue weighted by Crippen LogP contribution is 2.12. The maximum absolute atomic E-state index is 5.52. The summed E-state index contributed by atoms with van der Waals surface area (Å²) in [5.41, 5.74) is 2.68. The van der Waals surface area contributed by atoms with Crippen LogP contribution in [0.15, 0.2) is 85.2 Å². The Morgan fingerprint density at radius 3 is 1.21 bits per heavy atom. The first-order valence-electron chi connectivity index (χ1n) is 15.3. The van der Waals surface area contributed by atoms with E-state index in [-0.39, 0.29) is 0 Å². The molecule has 0 unspecified atom stereocenters. The fourth-order valence-electron chi connectivity index (χ4n) is 2.05. The van der Waals surface area contributed by atoms with Crippen LogP contribution in [0.25, 0.3) is 0 Å². The zero-order chi connectivity index (χ0) is 31.5. The van der Waals surface area contributed by atoms with Crippen LogP contribution in [-0.4, -0.2) is 11.6 Å². The maximum atomic E-state index is 5.52. The lowest BCUT2D eigenvalue weighted by molar-refractivity contribution is 0.271. The summed E-state index contributed by atoms with van der Waals surface area (Å²) in [6, 6.07) is 24.4. The number of benzene rings is 2. The second-order valence-corrected chi connectivity index (χ2v) is 8.84. The number of hydrogen-bond donors (Lipinski definition) is 0. The normalized spacial score (nSPS) is 8.28. The number of aromatic nitrogens is 1. The molecule has 0 aliphatic rings. The lowest BCUT2D eigenvalue weighted by atomic mass is 10.0. The molecule has 3 aromatic rings. The largest absolute Gasteiger partial charge is 0.493 e. The Bertz CT molecular complexity index is 706. The first-order chi connectivity index (χ1) is 18.7. The Labute approximate surface area is 246 Å². The van der Waals surface area contributed by atoms with Crippen LogP contribution in [0.1, 0.15) is 121 Å². The van der Waals surface area contributed by atoms with Crippen molar-refractivity contribution in [2.24, 2.45) is 11.8 Å². The Hall–Kier alpha value is -2.61. The predicted molar refractivity (Wildman–Crippen MR) is 182 cm³/mol. The van der Waals surface area contributed by atoms with Crippen molar-refractivity contribution in [1.29, 1.82) is 0 Å². The van der Waals surface area contributed by atoms with E-state index in [1.807, 2.05) is 91.8 Å². The topological polar surface area (TPSA) is 22.1 Å². The highest BCUT2D eigenvalue weighted by molar-refractivity contribution is 5.26. The van der Waals surface area contributed by atoms with Crippen LogP contribution in [-0.2, 0) is 0 Å². The van der Waals surface area contributed by atoms with Gasteiger partial charge in [-0.05, 0) is 54.5 Å². The summed E-state index contributed by atoms with van der Waals surface area (Å²) >= 11 is 0. The van der Waals surface area contributed by atoms with Crippen molar-refractivity contribution in [3.63, 3.8) is 0 Å². The number of ether oxygens (including phenoxy) is 1. The summed E-state index contributed by atoms with van der Waals surface area (Å²) in [6.07, 6.45) is 3.50. The molecular formula is C37H67NO. The van der Waals surface area contributed by atoms with Crippen LogP contribution in [0.5, 0.6) is 5.75 Å². The summed E-state index contributed by atoms with van der Waals surface area (Å²) < 4.78 is 5.52. The second-order valence-electron chi connectivity index (χ2n) is 8.84. The molecule has 0 saturated carbocycles. The molecule has 0 radical (unpaired) electrons. The third-order valence-corrected chi connectivity index (χ3v) is 3.64. The summed E-state index contributed by atoms with van der Waals surface area (Å²) in [5, 5.41) is 0. The van der Waals surface area contributed by atoms with Gasteiger partial charge < -0.3 is 4.74 Å². The molecule has 0 N–H and O–H groups in total. The van der Waals surface area contributed by atoms with E-state index >= 15 is 0 Å². The van der Waals surface area contributed by atoms with Crippen molar-refractivity contribution in [3.05, 3.63) is 96.3 Å². The van der Waals surface area contributed by atoms with Crippen molar-refractivity contribution >= 4 is 0 Å². The highest BCUT2D eigenvalue weighted by Gasteiger charge is 1.95. The zero-order valence-electron chi connectivity index (χ0n) is 28.9. The molecule has 0 bridgehead atoms. The minimum Gasteiger partial charge on any atom is -0.493 e. The molecule has 0 saturated heterocycles. The third kappa shape index (κ3) is 42.7. The van der Waals surface area contributed by atoms with Gasteiger partial charge in [0.15, 0.2) is 0 Å². The lowest BCUT2D eigenvalue weighted by Crippen LogP contribution is -2.04. The minimum atomic E-state index is 0.589. The number of rotatable bonds is 4. The summed E-state index contributed by atoms with van der Waals surface area (Å²) in [6.45, 7) is 34.1. The average Bonchev–Trinajstić information content (AvgIpc) is 2.99. The van der Waals surface area contributed by atoms with Gasteiger partial charge in [0.1, 0.15) is 5.75 Å². The maximum Gasteiger partial charge on any atom is 0.119 e. The molecule has 2 heteroatoms. The van der Waals surface area contributed by atoms with E-state index in [4.69, 9.17) is 4.74 Å². The molecule has 0 spiro atoms. The average molecular weight is 542 g/mol. The number of hydrogen-bond acceptors (Lipinski definition) is 2. The molecule has 0 aliphatic carbocycles. The summed E-state index contributed by atoms with van der Waals surface area (Å²) in [4.78, 5) is 3.78. The van der Waals surface area contributed by atoms with E-state index in [9.17, 15) is 0 Å². The SMILES string of the molecule is CC.CC.CC.CC.CC(C)C.CC(C)c1ccccc1.Cc1ccc(OCC(C)C)cc1.c1ccncc1. The number of nitrogens with zero attached hydrogens (tertiary/aromatic N) is 1. The Kier molecular flexibility index (Phi) is 47.3. The molecule has 0 fully saturated rings. The summed E-state index contributed by atoms with van der Waals surface area (Å²) in [5.74, 6) is 3.05. The number of aryl methyl sites for hydroxylation is 1. The molecule has 2 aromatic carbocycles. The standard InChI is InChI=1S/C11H16O.C9H12.C5H5N.C4H10.4C2H6/c1-9(2)8-12-11-6-4-10(3)5-7-11;1-8(2)9-6-4-3-5-7-9;1-2-4-6-5-3-1;1-4(2)3;4*1-2/h4-7,9H,8H2,1-3H3;3-8H,1-2H3;1-5H;4H,1-3H3;4*1-2H3. The Balaban J connectivity index is -0.000000127. The highest BCUT2D eigenvalue weighted by atomic mass is 16.5. The summed E-state index contributed by atoms with van der Waals surface area (Å²) in [7, 11) is 0. The van der Waals surface area contributed by atoms with Gasteiger partial charge in [-0.15, -0.1) is 0 Å². The molecule has 1 aromatic heterocycles. The van der Waals surface area contributed by atoms with Crippen molar-refractivity contribution in [2.75, 3.05) is 6.61 Å². The van der Waals surface area contributed by atoms with Gasteiger partial charge in [0, 0.05) is 12.4 Å². The first kappa shape index (κ1) is 46.3. The van der Waals surface area contributed by atoms with Gasteiger partial charge in [-0.25, -0.2) is 0 Å². The van der Waals surface area contributed by atoms with E-state index in [2.05, 4.69) is 96.8 Å². The number of pyridine rings is 1. The Morgan fingerprint density at radius 2 is 0.949 bits per heavy atom. The fourth-order valence-corrected chi connectivity index (χ4v) is 2.05. The molecule has 0 aliphatic heterocycles. The fraction of sp³-hybridized carbons (Fsp3) is 0.541. The molecule has 0 atom stereocenters. The van der Waals surface area contributed by atoms with Gasteiger partial charge in [-0.3, -0.25) is 4.98 Å². The van der Waals surface area contributed by atoms with Crippen LogP contribution in [0.3, 0.4) is 0 Å². The van der Waals surface area contributed by atoms with Gasteiger partial charge in [0.2, 0.25) is 0 Å². The van der Waals surface area contributed by atoms with Crippen molar-refractivity contribution in [3.8, 4) is 5.75 Å². The van der Waals surface area contributed by atoms with Crippen LogP contribution < -0.4 is 4.74 Å². The molecule has 226 valence electrons. The van der Waals surface area contributed by atoms with Crippen molar-refractivity contribution < 1.29 is 4.74 Å². The monoisotopic (exact) mass is 542 g/mol. The zero-order valence-corrected chi connectivity index (χ0v) is 28.9. The third-order valence-electron chi connectivity index (χ3n) is 3.64. The molecule has 2 nitrogen and oxygen atoms in total. The van der Waals surface area contributed by atoms with Gasteiger partial charge in [0.25, 0.3) is 0 Å². The molecular weight excluding hydrogens is 474 g/mol. The lowest BCUT2D eigenvalue weighted by Gasteiger charge is -2.08. The molecule has 1 heterocycles. The first-order valence-corrected chi connectivity index (χ1v) is 15.3. The van der Waals surface area contributed by atoms with Crippen LogP contribution >= 0.6 is 0 Å². The van der Waals surface area contributed by atoms with Gasteiger partial charge in [0.05, 0.1) is 6.61 Å². The van der Waals surface area contributed by atoms with E-state index < -0.39 is 0 Å². The second kappa shape index (κ2) is 39.9. The molecule has 3 rings (SSSR count). The van der Waals surface area contributed by atoms with Crippen molar-refractivity contribution in [1.82, 2.24) is 4.98 Å². The van der Waals surface area contributed by atoms with E-state index in [1.54, 1.807) is 12.4 Å². The minimum absolute atomic E-state index is 0.589. The Morgan fingerprint density at radius 1 is 0.564 bits per heavy atom. The van der Waals surface area contributed by atoms with Crippen LogP contribution in [0.4, 0.5) is 0 Å².